The Bertz CT molecular complexity index is 340. The number of ether oxygens (including phenoxy) is 3. The number of rotatable bonds is 5. The number of nitrogens with one attached hydrogen (secondary N) is 1. The molecule has 0 aromatic carbocycles. The first-order valence-electron chi connectivity index (χ1n) is 5.78. The van der Waals surface area contributed by atoms with Crippen molar-refractivity contribution in [3.05, 3.63) is 23.9 Å². The Morgan fingerprint density at radius 3 is 3.29 bits per heavy atom. The first-order chi connectivity index (χ1) is 8.40. The normalized spacial score (nSPS) is 20.2. The Morgan fingerprint density at radius 1 is 1.59 bits per heavy atom. The molecule has 0 amide bonds. The highest BCUT2D eigenvalue weighted by atomic mass is 16.7. The summed E-state index contributed by atoms with van der Waals surface area (Å²) in [7, 11) is 1.63. The van der Waals surface area contributed by atoms with Crippen LogP contribution in [-0.4, -0.2) is 38.1 Å². The Kier molecular flexibility index (Phi) is 4.73. The molecule has 1 atom stereocenters. The van der Waals surface area contributed by atoms with Crippen LogP contribution in [0.15, 0.2) is 18.3 Å². The van der Waals surface area contributed by atoms with Crippen LogP contribution < -0.4 is 10.1 Å². The van der Waals surface area contributed by atoms with Gasteiger partial charge in [-0.05, 0) is 12.5 Å². The summed E-state index contributed by atoms with van der Waals surface area (Å²) >= 11 is 0. The lowest BCUT2D eigenvalue weighted by atomic mass is 10.2. The molecule has 1 unspecified atom stereocenters. The Morgan fingerprint density at radius 2 is 2.53 bits per heavy atom. The van der Waals surface area contributed by atoms with Gasteiger partial charge in [-0.15, -0.1) is 0 Å². The molecular weight excluding hydrogens is 220 g/mol. The molecule has 0 spiro atoms. The maximum absolute atomic E-state index is 5.44. The van der Waals surface area contributed by atoms with Crippen LogP contribution in [0.2, 0.25) is 0 Å². The lowest BCUT2D eigenvalue weighted by Crippen LogP contribution is -2.33. The predicted molar refractivity (Wildman–Crippen MR) is 62.8 cm³/mol. The van der Waals surface area contributed by atoms with Crippen molar-refractivity contribution in [1.82, 2.24) is 10.3 Å². The Balaban J connectivity index is 1.77. The van der Waals surface area contributed by atoms with Gasteiger partial charge in [-0.2, -0.15) is 0 Å². The minimum absolute atomic E-state index is 0.242. The second-order valence-corrected chi connectivity index (χ2v) is 3.91. The fraction of sp³-hybridized carbons (Fsp3) is 0.583. The van der Waals surface area contributed by atoms with Gasteiger partial charge < -0.3 is 19.5 Å². The summed E-state index contributed by atoms with van der Waals surface area (Å²) in [6.45, 7) is 2.74. The summed E-state index contributed by atoms with van der Waals surface area (Å²) in [4.78, 5) is 4.15. The molecule has 1 aromatic rings. The van der Waals surface area contributed by atoms with Crippen LogP contribution in [-0.2, 0) is 16.0 Å². The van der Waals surface area contributed by atoms with Gasteiger partial charge in [0.2, 0.25) is 5.88 Å². The van der Waals surface area contributed by atoms with Crippen molar-refractivity contribution in [2.45, 2.75) is 19.1 Å². The van der Waals surface area contributed by atoms with E-state index in [4.69, 9.17) is 14.2 Å². The zero-order valence-corrected chi connectivity index (χ0v) is 10.0. The van der Waals surface area contributed by atoms with Gasteiger partial charge in [0.15, 0.2) is 0 Å². The SMILES string of the molecule is COc1ncccc1CNCC1CCOCO1. The second-order valence-electron chi connectivity index (χ2n) is 3.91. The summed E-state index contributed by atoms with van der Waals surface area (Å²) in [5.41, 5.74) is 1.06. The number of hydrogen-bond donors (Lipinski definition) is 1. The third-order valence-corrected chi connectivity index (χ3v) is 2.70. The highest BCUT2D eigenvalue weighted by molar-refractivity contribution is 5.24. The standard InChI is InChI=1S/C12H18N2O3/c1-15-12-10(3-2-5-14-12)7-13-8-11-4-6-16-9-17-11/h2-3,5,11,13H,4,6-9H2,1H3. The average molecular weight is 238 g/mol. The topological polar surface area (TPSA) is 52.6 Å². The molecule has 2 rings (SSSR count). The molecule has 0 bridgehead atoms. The highest BCUT2D eigenvalue weighted by Gasteiger charge is 2.13. The third-order valence-electron chi connectivity index (χ3n) is 2.70. The van der Waals surface area contributed by atoms with E-state index in [1.54, 1.807) is 13.3 Å². The molecule has 1 saturated heterocycles. The van der Waals surface area contributed by atoms with Crippen molar-refractivity contribution >= 4 is 0 Å². The van der Waals surface area contributed by atoms with E-state index >= 15 is 0 Å². The molecule has 1 N–H and O–H groups in total. The molecule has 17 heavy (non-hydrogen) atoms. The van der Waals surface area contributed by atoms with Crippen LogP contribution in [0.1, 0.15) is 12.0 Å². The molecule has 1 aliphatic rings. The van der Waals surface area contributed by atoms with E-state index in [2.05, 4.69) is 10.3 Å². The van der Waals surface area contributed by atoms with E-state index < -0.39 is 0 Å². The van der Waals surface area contributed by atoms with Crippen molar-refractivity contribution in [1.29, 1.82) is 0 Å². The fourth-order valence-electron chi connectivity index (χ4n) is 1.77. The van der Waals surface area contributed by atoms with Crippen molar-refractivity contribution in [3.63, 3.8) is 0 Å². The van der Waals surface area contributed by atoms with Crippen LogP contribution in [0.3, 0.4) is 0 Å². The molecule has 0 aliphatic carbocycles. The van der Waals surface area contributed by atoms with Crippen LogP contribution in [0.25, 0.3) is 0 Å². The molecule has 1 aromatic heterocycles. The zero-order valence-electron chi connectivity index (χ0n) is 10.0. The number of hydrogen-bond acceptors (Lipinski definition) is 5. The molecular formula is C12H18N2O3. The van der Waals surface area contributed by atoms with Crippen molar-refractivity contribution < 1.29 is 14.2 Å². The molecule has 2 heterocycles. The minimum atomic E-state index is 0.242. The number of pyridine rings is 1. The van der Waals surface area contributed by atoms with Crippen LogP contribution in [0.5, 0.6) is 5.88 Å². The summed E-state index contributed by atoms with van der Waals surface area (Å²) in [5.74, 6) is 0.674. The quantitative estimate of drug-likeness (QED) is 0.827. The number of nitrogens with zero attached hydrogens (tertiary/aromatic N) is 1. The van der Waals surface area contributed by atoms with Crippen LogP contribution in [0.4, 0.5) is 0 Å². The lowest BCUT2D eigenvalue weighted by Gasteiger charge is -2.23. The molecule has 0 saturated carbocycles. The largest absolute Gasteiger partial charge is 0.481 e. The van der Waals surface area contributed by atoms with Gasteiger partial charge in [0.25, 0.3) is 0 Å². The van der Waals surface area contributed by atoms with Gasteiger partial charge in [0.1, 0.15) is 6.79 Å². The van der Waals surface area contributed by atoms with Crippen molar-refractivity contribution in [2.75, 3.05) is 27.1 Å². The summed E-state index contributed by atoms with van der Waals surface area (Å²) in [6.07, 6.45) is 2.91. The van der Waals surface area contributed by atoms with E-state index in [9.17, 15) is 0 Å². The predicted octanol–water partition coefficient (Wildman–Crippen LogP) is 0.943. The highest BCUT2D eigenvalue weighted by Crippen LogP contribution is 2.13. The summed E-state index contributed by atoms with van der Waals surface area (Å²) in [6, 6.07) is 3.91. The van der Waals surface area contributed by atoms with Crippen molar-refractivity contribution in [2.24, 2.45) is 0 Å². The smallest absolute Gasteiger partial charge is 0.217 e. The van der Waals surface area contributed by atoms with E-state index in [1.165, 1.54) is 0 Å². The number of methoxy groups -OCH3 is 1. The van der Waals surface area contributed by atoms with Crippen LogP contribution in [0, 0.1) is 0 Å². The molecule has 0 radical (unpaired) electrons. The van der Waals surface area contributed by atoms with Gasteiger partial charge in [0, 0.05) is 24.8 Å². The molecule has 1 fully saturated rings. The Hall–Kier alpha value is -1.17. The third kappa shape index (κ3) is 3.66. The minimum Gasteiger partial charge on any atom is -0.481 e. The average Bonchev–Trinajstić information content (AvgIpc) is 2.40. The lowest BCUT2D eigenvalue weighted by molar-refractivity contribution is -0.137. The molecule has 5 nitrogen and oxygen atoms in total. The second kappa shape index (κ2) is 6.54. The first-order valence-corrected chi connectivity index (χ1v) is 5.78. The van der Waals surface area contributed by atoms with E-state index in [0.717, 1.165) is 31.7 Å². The Labute approximate surface area is 101 Å². The van der Waals surface area contributed by atoms with Gasteiger partial charge >= 0.3 is 0 Å². The van der Waals surface area contributed by atoms with E-state index in [0.29, 0.717) is 12.7 Å². The maximum Gasteiger partial charge on any atom is 0.217 e. The molecule has 1 aliphatic heterocycles. The van der Waals surface area contributed by atoms with E-state index in [-0.39, 0.29) is 6.10 Å². The van der Waals surface area contributed by atoms with E-state index in [1.807, 2.05) is 12.1 Å². The first kappa shape index (κ1) is 12.3. The molecule has 94 valence electrons. The summed E-state index contributed by atoms with van der Waals surface area (Å²) in [5, 5.41) is 3.35. The molecule has 5 heteroatoms. The summed E-state index contributed by atoms with van der Waals surface area (Å²) < 4.78 is 15.7. The maximum atomic E-state index is 5.44. The van der Waals surface area contributed by atoms with Crippen LogP contribution >= 0.6 is 0 Å². The van der Waals surface area contributed by atoms with Gasteiger partial charge in [-0.1, -0.05) is 6.07 Å². The number of aromatic nitrogens is 1. The van der Waals surface area contributed by atoms with Crippen molar-refractivity contribution in [3.8, 4) is 5.88 Å². The van der Waals surface area contributed by atoms with Gasteiger partial charge in [-0.25, -0.2) is 4.98 Å². The van der Waals surface area contributed by atoms with Gasteiger partial charge in [0.05, 0.1) is 19.8 Å². The monoisotopic (exact) mass is 238 g/mol. The fourth-order valence-corrected chi connectivity index (χ4v) is 1.77. The zero-order chi connectivity index (χ0) is 11.9. The van der Waals surface area contributed by atoms with Gasteiger partial charge in [-0.3, -0.25) is 0 Å².